The minimum absolute atomic E-state index is 0.00930. The van der Waals surface area contributed by atoms with E-state index in [0.717, 1.165) is 15.8 Å². The first-order chi connectivity index (χ1) is 14.8. The van der Waals surface area contributed by atoms with E-state index in [1.54, 1.807) is 53.1 Å². The zero-order valence-electron chi connectivity index (χ0n) is 16.8. The molecule has 0 radical (unpaired) electrons. The number of carbonyl (C=O) groups is 2. The Balaban J connectivity index is 1.74. The summed E-state index contributed by atoms with van der Waals surface area (Å²) in [6.45, 7) is -0.347. The van der Waals surface area contributed by atoms with Crippen LogP contribution in [0.25, 0.3) is 10.9 Å². The van der Waals surface area contributed by atoms with Gasteiger partial charge in [-0.15, -0.1) is 0 Å². The molecule has 158 valence electrons. The van der Waals surface area contributed by atoms with E-state index in [4.69, 9.17) is 4.74 Å². The molecule has 8 heteroatoms. The molecular weight excluding hydrogens is 404 g/mol. The zero-order chi connectivity index (χ0) is 22.2. The van der Waals surface area contributed by atoms with Crippen LogP contribution in [0.5, 0.6) is 0 Å². The number of fused-ring (bicyclic) bond motifs is 1. The lowest BCUT2D eigenvalue weighted by molar-refractivity contribution is 0.0119. The van der Waals surface area contributed by atoms with Crippen LogP contribution in [0.15, 0.2) is 48.5 Å². The van der Waals surface area contributed by atoms with Gasteiger partial charge in [0.1, 0.15) is 5.69 Å². The first kappa shape index (κ1) is 20.5. The maximum Gasteiger partial charge on any atom is 0.337 e. The van der Waals surface area contributed by atoms with Crippen LogP contribution in [0.1, 0.15) is 38.4 Å². The molecule has 1 saturated heterocycles. The maximum atomic E-state index is 13.7. The van der Waals surface area contributed by atoms with Crippen molar-refractivity contribution in [2.45, 2.75) is 18.9 Å². The quantitative estimate of drug-likeness (QED) is 0.598. The lowest BCUT2D eigenvalue weighted by atomic mass is 10.1. The van der Waals surface area contributed by atoms with Crippen molar-refractivity contribution in [3.8, 4) is 6.07 Å². The molecule has 1 amide bonds. The molecule has 2 aromatic carbocycles. The third-order valence-corrected chi connectivity index (χ3v) is 5.43. The predicted molar refractivity (Wildman–Crippen MR) is 109 cm³/mol. The van der Waals surface area contributed by atoms with Crippen LogP contribution in [0.3, 0.4) is 0 Å². The number of nitriles is 1. The number of alkyl halides is 2. The fraction of sp³-hybridized carbons (Fsp3) is 0.261. The molecule has 0 bridgehead atoms. The van der Waals surface area contributed by atoms with Gasteiger partial charge in [-0.05, 0) is 35.9 Å². The molecule has 0 spiro atoms. The van der Waals surface area contributed by atoms with Crippen molar-refractivity contribution in [3.05, 3.63) is 70.9 Å². The number of methoxy groups -OCH3 is 1. The normalized spacial score (nSPS) is 15.1. The number of hydrogen-bond acceptors (Lipinski definition) is 4. The Morgan fingerprint density at radius 1 is 1.16 bits per heavy atom. The highest BCUT2D eigenvalue weighted by molar-refractivity contribution is 5.99. The fourth-order valence-corrected chi connectivity index (χ4v) is 3.79. The largest absolute Gasteiger partial charge is 0.465 e. The number of aromatic nitrogens is 1. The van der Waals surface area contributed by atoms with Gasteiger partial charge in [0, 0.05) is 24.9 Å². The van der Waals surface area contributed by atoms with E-state index >= 15 is 0 Å². The molecule has 3 aromatic rings. The SMILES string of the molecule is COC(=O)c1ccc(Cn2c(C(=O)N3CCC(F)(F)C3)cc3ccc(C#N)cc32)cc1. The Bertz CT molecular complexity index is 1210. The van der Waals surface area contributed by atoms with Crippen molar-refractivity contribution < 1.29 is 23.1 Å². The number of halogens is 2. The third kappa shape index (κ3) is 3.99. The standard InChI is InChI=1S/C23H19F2N3O3/c1-31-22(30)17-5-2-15(3-6-17)13-28-19-10-16(12-26)4-7-18(19)11-20(28)21(29)27-9-8-23(24,25)14-27/h2-7,10-11H,8-9,13-14H2,1H3. The number of rotatable bonds is 4. The second-order valence-corrected chi connectivity index (χ2v) is 7.52. The summed E-state index contributed by atoms with van der Waals surface area (Å²) in [7, 11) is 1.30. The van der Waals surface area contributed by atoms with E-state index in [1.165, 1.54) is 7.11 Å². The lowest BCUT2D eigenvalue weighted by Crippen LogP contribution is -2.32. The van der Waals surface area contributed by atoms with Crippen molar-refractivity contribution in [1.82, 2.24) is 9.47 Å². The number of amides is 1. The first-order valence-electron chi connectivity index (χ1n) is 9.69. The van der Waals surface area contributed by atoms with Crippen LogP contribution in [0.4, 0.5) is 8.78 Å². The molecule has 6 nitrogen and oxygen atoms in total. The molecule has 2 heterocycles. The summed E-state index contributed by atoms with van der Waals surface area (Å²) in [6, 6.07) is 15.5. The van der Waals surface area contributed by atoms with Crippen LogP contribution in [-0.4, -0.2) is 47.5 Å². The summed E-state index contributed by atoms with van der Waals surface area (Å²) in [5.41, 5.74) is 2.56. The molecular formula is C23H19F2N3O3. The van der Waals surface area contributed by atoms with Gasteiger partial charge in [-0.1, -0.05) is 18.2 Å². The van der Waals surface area contributed by atoms with Crippen LogP contribution in [-0.2, 0) is 11.3 Å². The van der Waals surface area contributed by atoms with Crippen molar-refractivity contribution in [1.29, 1.82) is 5.26 Å². The molecule has 0 unspecified atom stereocenters. The molecule has 4 rings (SSSR count). The zero-order valence-corrected chi connectivity index (χ0v) is 16.8. The van der Waals surface area contributed by atoms with Gasteiger partial charge in [-0.25, -0.2) is 13.6 Å². The summed E-state index contributed by atoms with van der Waals surface area (Å²) in [6.07, 6.45) is -0.355. The van der Waals surface area contributed by atoms with E-state index in [0.29, 0.717) is 16.6 Å². The Morgan fingerprint density at radius 3 is 2.52 bits per heavy atom. The topological polar surface area (TPSA) is 75.3 Å². The fourth-order valence-electron chi connectivity index (χ4n) is 3.79. The van der Waals surface area contributed by atoms with Crippen LogP contribution >= 0.6 is 0 Å². The number of ether oxygens (including phenoxy) is 1. The lowest BCUT2D eigenvalue weighted by Gasteiger charge is -2.18. The van der Waals surface area contributed by atoms with Crippen molar-refractivity contribution in [2.75, 3.05) is 20.2 Å². The Hall–Kier alpha value is -3.73. The highest BCUT2D eigenvalue weighted by Gasteiger charge is 2.41. The summed E-state index contributed by atoms with van der Waals surface area (Å²) >= 11 is 0. The monoisotopic (exact) mass is 423 g/mol. The number of hydrogen-bond donors (Lipinski definition) is 0. The Kier molecular flexibility index (Phi) is 5.19. The number of esters is 1. The molecule has 1 aliphatic heterocycles. The molecule has 0 atom stereocenters. The van der Waals surface area contributed by atoms with Crippen molar-refractivity contribution >= 4 is 22.8 Å². The molecule has 0 N–H and O–H groups in total. The van der Waals surface area contributed by atoms with Crippen LogP contribution < -0.4 is 0 Å². The molecule has 0 aliphatic carbocycles. The van der Waals surface area contributed by atoms with Crippen LogP contribution in [0, 0.1) is 11.3 Å². The minimum atomic E-state index is -2.88. The van der Waals surface area contributed by atoms with E-state index in [2.05, 4.69) is 6.07 Å². The van der Waals surface area contributed by atoms with Gasteiger partial charge in [-0.3, -0.25) is 4.79 Å². The molecule has 0 saturated carbocycles. The van der Waals surface area contributed by atoms with E-state index in [-0.39, 0.29) is 25.2 Å². The smallest absolute Gasteiger partial charge is 0.337 e. The summed E-state index contributed by atoms with van der Waals surface area (Å²) in [5, 5.41) is 10.0. The second kappa shape index (κ2) is 7.84. The second-order valence-electron chi connectivity index (χ2n) is 7.52. The van der Waals surface area contributed by atoms with Gasteiger partial charge in [0.25, 0.3) is 11.8 Å². The van der Waals surface area contributed by atoms with Gasteiger partial charge >= 0.3 is 5.97 Å². The average molecular weight is 423 g/mol. The molecule has 1 aromatic heterocycles. The maximum absolute atomic E-state index is 13.7. The number of likely N-dealkylation sites (tertiary alicyclic amines) is 1. The van der Waals surface area contributed by atoms with E-state index in [1.807, 2.05) is 0 Å². The van der Waals surface area contributed by atoms with Gasteiger partial charge < -0.3 is 14.2 Å². The summed E-state index contributed by atoms with van der Waals surface area (Å²) in [5.74, 6) is -3.81. The van der Waals surface area contributed by atoms with Crippen molar-refractivity contribution in [3.63, 3.8) is 0 Å². The highest BCUT2D eigenvalue weighted by atomic mass is 19.3. The molecule has 31 heavy (non-hydrogen) atoms. The van der Waals surface area contributed by atoms with Crippen molar-refractivity contribution in [2.24, 2.45) is 0 Å². The minimum Gasteiger partial charge on any atom is -0.465 e. The summed E-state index contributed by atoms with van der Waals surface area (Å²) < 4.78 is 33.8. The molecule has 1 fully saturated rings. The van der Waals surface area contributed by atoms with E-state index in [9.17, 15) is 23.6 Å². The van der Waals surface area contributed by atoms with Crippen LogP contribution in [0.2, 0.25) is 0 Å². The van der Waals surface area contributed by atoms with E-state index < -0.39 is 24.3 Å². The number of benzene rings is 2. The van der Waals surface area contributed by atoms with Gasteiger partial charge in [0.15, 0.2) is 0 Å². The predicted octanol–water partition coefficient (Wildman–Crippen LogP) is 3.83. The van der Waals surface area contributed by atoms with Gasteiger partial charge in [0.2, 0.25) is 0 Å². The number of nitrogens with zero attached hydrogens (tertiary/aromatic N) is 3. The highest BCUT2D eigenvalue weighted by Crippen LogP contribution is 2.30. The Morgan fingerprint density at radius 2 is 1.90 bits per heavy atom. The number of carbonyl (C=O) groups excluding carboxylic acids is 2. The summed E-state index contributed by atoms with van der Waals surface area (Å²) in [4.78, 5) is 25.9. The average Bonchev–Trinajstić information content (AvgIpc) is 3.32. The Labute approximate surface area is 177 Å². The molecule has 1 aliphatic rings. The van der Waals surface area contributed by atoms with Gasteiger partial charge in [-0.2, -0.15) is 5.26 Å². The third-order valence-electron chi connectivity index (χ3n) is 5.43. The van der Waals surface area contributed by atoms with Gasteiger partial charge in [0.05, 0.1) is 36.4 Å². The first-order valence-corrected chi connectivity index (χ1v) is 9.69.